The Morgan fingerprint density at radius 2 is 1.65 bits per heavy atom. The van der Waals surface area contributed by atoms with Crippen LogP contribution in [-0.2, 0) is 16.6 Å². The number of sulfonamides is 1. The van der Waals surface area contributed by atoms with Gasteiger partial charge in [-0.05, 0) is 66.8 Å². The molecule has 1 atom stereocenters. The molecule has 0 aliphatic carbocycles. The van der Waals surface area contributed by atoms with Gasteiger partial charge in [0, 0.05) is 30.3 Å². The van der Waals surface area contributed by atoms with E-state index in [1.165, 1.54) is 12.1 Å². The molecule has 11 nitrogen and oxygen atoms in total. The van der Waals surface area contributed by atoms with E-state index in [-0.39, 0.29) is 52.2 Å². The Hall–Kier alpha value is -4.58. The number of ether oxygens (including phenoxy) is 1. The minimum absolute atomic E-state index is 0.0193. The van der Waals surface area contributed by atoms with Crippen molar-refractivity contribution in [3.63, 3.8) is 0 Å². The van der Waals surface area contributed by atoms with Gasteiger partial charge in [-0.2, -0.15) is 4.98 Å². The minimum atomic E-state index is -4.17. The summed E-state index contributed by atoms with van der Waals surface area (Å²) in [6.45, 7) is 17.0. The second kappa shape index (κ2) is 13.0. The van der Waals surface area contributed by atoms with E-state index in [0.29, 0.717) is 17.9 Å². The van der Waals surface area contributed by atoms with Gasteiger partial charge in [0.15, 0.2) is 0 Å². The van der Waals surface area contributed by atoms with Crippen molar-refractivity contribution in [1.82, 2.24) is 24.8 Å². The Bertz CT molecular complexity index is 1950. The lowest BCUT2D eigenvalue weighted by Gasteiger charge is -2.47. The van der Waals surface area contributed by atoms with E-state index in [2.05, 4.69) is 64.2 Å². The number of carbonyl (C=O) groups is 1. The average molecular weight is 684 g/mol. The van der Waals surface area contributed by atoms with Crippen LogP contribution >= 0.6 is 0 Å². The van der Waals surface area contributed by atoms with Crippen molar-refractivity contribution in [2.45, 2.75) is 78.8 Å². The molecule has 2 aliphatic rings. The van der Waals surface area contributed by atoms with Crippen LogP contribution in [0.4, 0.5) is 11.6 Å². The lowest BCUT2D eigenvalue weighted by molar-refractivity contribution is 0.0546. The van der Waals surface area contributed by atoms with Gasteiger partial charge in [0.25, 0.3) is 15.9 Å². The van der Waals surface area contributed by atoms with Gasteiger partial charge in [-0.3, -0.25) is 4.79 Å². The Balaban J connectivity index is 1.42. The predicted octanol–water partition coefficient (Wildman–Crippen LogP) is 6.43. The zero-order chi connectivity index (χ0) is 35.1. The molecule has 0 spiro atoms. The molecule has 4 bridgehead atoms. The van der Waals surface area contributed by atoms with Crippen LogP contribution in [0.2, 0.25) is 0 Å². The van der Waals surface area contributed by atoms with Crippen LogP contribution in [0.3, 0.4) is 0 Å². The summed E-state index contributed by atoms with van der Waals surface area (Å²) in [4.78, 5) is 36.7. The SMILES string of the molecule is Cc1cccc(C)c1-c1cc2nc(n1)NS(=O)(=O)c1cccc(c1)C(=O)N(Cc1ncc(N3CC(C)(C)C3)cn1)[C@H](CCC(C)(C)C)CO2. The van der Waals surface area contributed by atoms with Gasteiger partial charge in [0.2, 0.25) is 11.8 Å². The second-order valence-corrected chi connectivity index (χ2v) is 16.9. The normalized spacial score (nSPS) is 18.7. The number of aromatic nitrogens is 4. The summed E-state index contributed by atoms with van der Waals surface area (Å²) < 4.78 is 36.3. The molecule has 2 aromatic carbocycles. The number of hydrogen-bond donors (Lipinski definition) is 1. The van der Waals surface area contributed by atoms with Crippen molar-refractivity contribution in [3.8, 4) is 17.1 Å². The van der Waals surface area contributed by atoms with Crippen LogP contribution in [0.5, 0.6) is 5.88 Å². The number of fused-ring (bicyclic) bond motifs is 4. The zero-order valence-electron chi connectivity index (χ0n) is 29.3. The maximum absolute atomic E-state index is 14.4. The highest BCUT2D eigenvalue weighted by Gasteiger charge is 2.35. The highest BCUT2D eigenvalue weighted by molar-refractivity contribution is 7.92. The van der Waals surface area contributed by atoms with E-state index in [9.17, 15) is 13.2 Å². The summed E-state index contributed by atoms with van der Waals surface area (Å²) in [5.74, 6) is 0.217. The summed E-state index contributed by atoms with van der Waals surface area (Å²) in [6, 6.07) is 13.3. The standard InChI is InChI=1S/C37H45N7O4S/c1-24-10-8-11-25(2)33(24)30-17-32-41-35(40-30)42-49(46,47)29-13-9-12-26(16-29)34(45)44(27(21-48-32)14-15-36(3,4)5)20-31-38-18-28(19-39-31)43-22-37(6,7)23-43/h8-13,16-19,27H,14-15,20-23H2,1-7H3,(H,40,41,42)/t27-/m1/s1. The Morgan fingerprint density at radius 3 is 2.31 bits per heavy atom. The number of benzene rings is 2. The molecule has 258 valence electrons. The largest absolute Gasteiger partial charge is 0.475 e. The van der Waals surface area contributed by atoms with Gasteiger partial charge < -0.3 is 14.5 Å². The lowest BCUT2D eigenvalue weighted by atomic mass is 9.84. The number of carbonyl (C=O) groups excluding carboxylic acids is 1. The van der Waals surface area contributed by atoms with E-state index < -0.39 is 16.1 Å². The molecule has 0 saturated carbocycles. The number of aryl methyl sites for hydroxylation is 2. The van der Waals surface area contributed by atoms with Crippen LogP contribution in [0.25, 0.3) is 11.3 Å². The van der Waals surface area contributed by atoms with Gasteiger partial charge in [-0.25, -0.2) is 28.1 Å². The van der Waals surface area contributed by atoms with E-state index in [0.717, 1.165) is 41.9 Å². The third-order valence-electron chi connectivity index (χ3n) is 9.02. The van der Waals surface area contributed by atoms with Gasteiger partial charge in [0.05, 0.1) is 41.3 Å². The topological polar surface area (TPSA) is 131 Å². The molecule has 1 amide bonds. The molecule has 49 heavy (non-hydrogen) atoms. The fourth-order valence-electron chi connectivity index (χ4n) is 6.42. The Labute approximate surface area is 289 Å². The number of nitrogens with zero attached hydrogens (tertiary/aromatic N) is 6. The number of anilines is 2. The van der Waals surface area contributed by atoms with Crippen molar-refractivity contribution in [3.05, 3.63) is 83.4 Å². The lowest BCUT2D eigenvalue weighted by Crippen LogP contribution is -2.53. The molecule has 1 fully saturated rings. The van der Waals surface area contributed by atoms with Crippen molar-refractivity contribution in [2.75, 3.05) is 29.3 Å². The van der Waals surface area contributed by atoms with Gasteiger partial charge in [-0.15, -0.1) is 0 Å². The molecule has 2 aliphatic heterocycles. The summed E-state index contributed by atoms with van der Waals surface area (Å²) >= 11 is 0. The van der Waals surface area contributed by atoms with Crippen LogP contribution in [0.15, 0.2) is 65.8 Å². The molecule has 1 saturated heterocycles. The third-order valence-corrected chi connectivity index (χ3v) is 10.3. The van der Waals surface area contributed by atoms with Crippen LogP contribution in [-0.4, -0.2) is 64.9 Å². The highest BCUT2D eigenvalue weighted by atomic mass is 32.2. The van der Waals surface area contributed by atoms with Gasteiger partial charge >= 0.3 is 0 Å². The molecule has 4 aromatic rings. The molecule has 2 aromatic heterocycles. The van der Waals surface area contributed by atoms with Gasteiger partial charge in [0.1, 0.15) is 12.4 Å². The number of amides is 1. The number of hydrogen-bond acceptors (Lipinski definition) is 9. The van der Waals surface area contributed by atoms with Crippen molar-refractivity contribution in [2.24, 2.45) is 10.8 Å². The highest BCUT2D eigenvalue weighted by Crippen LogP contribution is 2.34. The average Bonchev–Trinajstić information content (AvgIpc) is 3.02. The van der Waals surface area contributed by atoms with Crippen LogP contribution in [0, 0.1) is 24.7 Å². The Kier molecular flexibility index (Phi) is 9.12. The van der Waals surface area contributed by atoms with E-state index in [4.69, 9.17) is 4.74 Å². The van der Waals surface area contributed by atoms with Crippen LogP contribution in [0.1, 0.15) is 74.8 Å². The second-order valence-electron chi connectivity index (χ2n) is 15.2. The molecule has 0 unspecified atom stereocenters. The first-order chi connectivity index (χ1) is 23.1. The van der Waals surface area contributed by atoms with E-state index in [1.807, 2.05) is 32.0 Å². The zero-order valence-corrected chi connectivity index (χ0v) is 30.1. The van der Waals surface area contributed by atoms with Crippen molar-refractivity contribution >= 4 is 27.6 Å². The first kappa shape index (κ1) is 34.3. The molecule has 6 rings (SSSR count). The maximum atomic E-state index is 14.4. The van der Waals surface area contributed by atoms with Crippen molar-refractivity contribution in [1.29, 1.82) is 0 Å². The Morgan fingerprint density at radius 1 is 0.980 bits per heavy atom. The quantitative estimate of drug-likeness (QED) is 0.244. The molecular formula is C37H45N7O4S. The first-order valence-corrected chi connectivity index (χ1v) is 18.1. The summed E-state index contributed by atoms with van der Waals surface area (Å²) in [6.07, 6.45) is 5.03. The predicted molar refractivity (Wildman–Crippen MR) is 190 cm³/mol. The fourth-order valence-corrected chi connectivity index (χ4v) is 7.41. The number of nitrogens with one attached hydrogen (secondary N) is 1. The maximum Gasteiger partial charge on any atom is 0.264 e. The van der Waals surface area contributed by atoms with E-state index in [1.54, 1.807) is 35.5 Å². The van der Waals surface area contributed by atoms with E-state index >= 15 is 0 Å². The molecule has 4 heterocycles. The van der Waals surface area contributed by atoms with Crippen LogP contribution < -0.4 is 14.4 Å². The van der Waals surface area contributed by atoms with Gasteiger partial charge in [-0.1, -0.05) is 58.9 Å². The molecular weight excluding hydrogens is 639 g/mol. The summed E-state index contributed by atoms with van der Waals surface area (Å²) in [7, 11) is -4.17. The fraction of sp³-hybridized carbons (Fsp3) is 0.432. The monoisotopic (exact) mass is 683 g/mol. The molecule has 0 radical (unpaired) electrons. The smallest absolute Gasteiger partial charge is 0.264 e. The van der Waals surface area contributed by atoms with Crippen molar-refractivity contribution < 1.29 is 17.9 Å². The minimum Gasteiger partial charge on any atom is -0.475 e. The number of rotatable bonds is 6. The molecule has 1 N–H and O–H groups in total. The third kappa shape index (κ3) is 7.85. The first-order valence-electron chi connectivity index (χ1n) is 16.7. The summed E-state index contributed by atoms with van der Waals surface area (Å²) in [5, 5.41) is 0. The summed E-state index contributed by atoms with van der Waals surface area (Å²) in [5.41, 5.74) is 4.76. The molecule has 12 heteroatoms.